The van der Waals surface area contributed by atoms with E-state index >= 15 is 0 Å². The number of para-hydroxylation sites is 2. The molecule has 0 spiro atoms. The largest absolute Gasteiger partial charge is 0.457 e. The van der Waals surface area contributed by atoms with Crippen LogP contribution >= 0.6 is 31.9 Å². The molecular formula is C48H46Br2F2O3. The van der Waals surface area contributed by atoms with Crippen LogP contribution in [0.1, 0.15) is 62.8 Å². The quantitative estimate of drug-likeness (QED) is 0.0970. The maximum atomic E-state index is 14.7. The average molecular weight is 869 g/mol. The van der Waals surface area contributed by atoms with Crippen molar-refractivity contribution in [1.82, 2.24) is 0 Å². The highest BCUT2D eigenvalue weighted by Crippen LogP contribution is 2.43. The molecule has 284 valence electrons. The lowest BCUT2D eigenvalue weighted by Gasteiger charge is -2.45. The fourth-order valence-corrected chi connectivity index (χ4v) is 7.89. The summed E-state index contributed by atoms with van der Waals surface area (Å²) in [6, 6.07) is 46.2. The van der Waals surface area contributed by atoms with Gasteiger partial charge in [-0.1, -0.05) is 100 Å². The molecule has 0 N–H and O–H groups in total. The summed E-state index contributed by atoms with van der Waals surface area (Å²) < 4.78 is 50.4. The van der Waals surface area contributed by atoms with Crippen LogP contribution < -0.4 is 9.47 Å². The third-order valence-electron chi connectivity index (χ3n) is 11.0. The van der Waals surface area contributed by atoms with Gasteiger partial charge in [0.15, 0.2) is 0 Å². The third-order valence-corrected chi connectivity index (χ3v) is 12.2. The zero-order valence-electron chi connectivity index (χ0n) is 31.6. The first-order chi connectivity index (χ1) is 26.5. The summed E-state index contributed by atoms with van der Waals surface area (Å²) >= 11 is 6.91. The normalized spacial score (nSPS) is 14.7. The van der Waals surface area contributed by atoms with Crippen LogP contribution in [0.3, 0.4) is 0 Å². The Morgan fingerprint density at radius 3 is 1.24 bits per heavy atom. The van der Waals surface area contributed by atoms with Gasteiger partial charge in [0.2, 0.25) is 0 Å². The smallest absolute Gasteiger partial charge is 0.137 e. The summed E-state index contributed by atoms with van der Waals surface area (Å²) in [4.78, 5) is 0. The van der Waals surface area contributed by atoms with E-state index in [9.17, 15) is 8.78 Å². The first kappa shape index (κ1) is 40.4. The molecule has 6 rings (SSSR count). The molecule has 0 fully saturated rings. The molecule has 7 heteroatoms. The van der Waals surface area contributed by atoms with Crippen LogP contribution in [-0.4, -0.2) is 12.2 Å². The summed E-state index contributed by atoms with van der Waals surface area (Å²) in [7, 11) is 0. The molecule has 3 nitrogen and oxygen atoms in total. The molecule has 4 unspecified atom stereocenters. The summed E-state index contributed by atoms with van der Waals surface area (Å²) in [5.41, 5.74) is 2.90. The topological polar surface area (TPSA) is 27.7 Å². The van der Waals surface area contributed by atoms with Crippen LogP contribution in [0.4, 0.5) is 8.78 Å². The Labute approximate surface area is 341 Å². The van der Waals surface area contributed by atoms with E-state index in [0.717, 1.165) is 45.3 Å². The molecule has 0 aliphatic rings. The molecule has 0 amide bonds. The van der Waals surface area contributed by atoms with Gasteiger partial charge in [0.1, 0.15) is 34.6 Å². The molecule has 0 heterocycles. The monoisotopic (exact) mass is 866 g/mol. The summed E-state index contributed by atoms with van der Waals surface area (Å²) in [6.45, 7) is 8.70. The van der Waals surface area contributed by atoms with Crippen molar-refractivity contribution in [2.75, 3.05) is 0 Å². The van der Waals surface area contributed by atoms with Crippen molar-refractivity contribution in [2.24, 2.45) is 0 Å². The average Bonchev–Trinajstić information content (AvgIpc) is 3.20. The summed E-state index contributed by atoms with van der Waals surface area (Å²) in [5, 5.41) is 0. The Kier molecular flexibility index (Phi) is 13.3. The van der Waals surface area contributed by atoms with Crippen LogP contribution in [0, 0.1) is 11.6 Å². The molecule has 0 saturated carbocycles. The van der Waals surface area contributed by atoms with Gasteiger partial charge in [-0.3, -0.25) is 0 Å². The predicted molar refractivity (Wildman–Crippen MR) is 225 cm³/mol. The van der Waals surface area contributed by atoms with E-state index in [1.54, 1.807) is 0 Å². The Balaban J connectivity index is 1.44. The van der Waals surface area contributed by atoms with Crippen molar-refractivity contribution in [3.63, 3.8) is 0 Å². The second-order valence-electron chi connectivity index (χ2n) is 14.4. The molecule has 6 aromatic carbocycles. The fraction of sp³-hybridized carbons (Fsp3) is 0.250. The van der Waals surface area contributed by atoms with Crippen LogP contribution in [0.5, 0.6) is 23.0 Å². The number of hydrogen-bond acceptors (Lipinski definition) is 3. The van der Waals surface area contributed by atoms with Crippen molar-refractivity contribution in [3.05, 3.63) is 188 Å². The van der Waals surface area contributed by atoms with Crippen molar-refractivity contribution >= 4 is 31.9 Å². The predicted octanol–water partition coefficient (Wildman–Crippen LogP) is 14.3. The number of ether oxygens (including phenoxy) is 3. The minimum absolute atomic E-state index is 0.318. The van der Waals surface area contributed by atoms with E-state index in [2.05, 4.69) is 83.8 Å². The Bertz CT molecular complexity index is 2030. The minimum Gasteiger partial charge on any atom is -0.457 e. The number of benzene rings is 6. The molecule has 0 bridgehead atoms. The molecule has 0 radical (unpaired) electrons. The van der Waals surface area contributed by atoms with E-state index in [0.29, 0.717) is 34.6 Å². The second-order valence-corrected chi connectivity index (χ2v) is 16.2. The van der Waals surface area contributed by atoms with Gasteiger partial charge in [-0.2, -0.15) is 0 Å². The zero-order valence-corrected chi connectivity index (χ0v) is 34.7. The van der Waals surface area contributed by atoms with Crippen molar-refractivity contribution in [3.8, 4) is 23.0 Å². The first-order valence-electron chi connectivity index (χ1n) is 18.7. The standard InChI is InChI=1S/C48H46Br2F2O3/c1-5-47(3,35-23-25-43(51)41(49)31-35)45(29-33-15-13-21-39(27-33)53-37-17-9-7-10-18-37)55-46(48(4,6-2)36-24-26-44(52)42(50)32-36)30-34-16-14-22-40(28-34)54-38-19-11-8-12-20-38/h7-28,31-32,45-46H,5-6,29-30H2,1-4H3. The zero-order chi connectivity index (χ0) is 39.0. The molecule has 0 aliphatic carbocycles. The first-order valence-corrected chi connectivity index (χ1v) is 20.3. The van der Waals surface area contributed by atoms with Gasteiger partial charge in [0, 0.05) is 10.8 Å². The number of rotatable bonds is 16. The number of hydrogen-bond donors (Lipinski definition) is 0. The van der Waals surface area contributed by atoms with E-state index in [1.807, 2.05) is 109 Å². The highest BCUT2D eigenvalue weighted by Gasteiger charge is 2.43. The van der Waals surface area contributed by atoms with Crippen molar-refractivity contribution in [1.29, 1.82) is 0 Å². The van der Waals surface area contributed by atoms with Gasteiger partial charge in [-0.25, -0.2) is 8.78 Å². The summed E-state index contributed by atoms with van der Waals surface area (Å²) in [6.07, 6.45) is 1.76. The van der Waals surface area contributed by atoms with E-state index < -0.39 is 10.8 Å². The van der Waals surface area contributed by atoms with Crippen LogP contribution in [0.15, 0.2) is 155 Å². The van der Waals surface area contributed by atoms with Gasteiger partial charge in [0.05, 0.1) is 21.2 Å². The Hall–Kier alpha value is -4.30. The fourth-order valence-electron chi connectivity index (χ4n) is 7.13. The summed E-state index contributed by atoms with van der Waals surface area (Å²) in [5.74, 6) is 2.33. The van der Waals surface area contributed by atoms with Gasteiger partial charge in [-0.05, 0) is 153 Å². The maximum absolute atomic E-state index is 14.7. The number of halogens is 4. The SMILES string of the molecule is CCC(C)(c1ccc(F)c(Br)c1)C(Cc1cccc(Oc2ccccc2)c1)OC(Cc1cccc(Oc2ccccc2)c1)C(C)(CC)c1ccc(F)c(Br)c1. The van der Waals surface area contributed by atoms with E-state index in [4.69, 9.17) is 14.2 Å². The molecule has 4 atom stereocenters. The minimum atomic E-state index is -0.555. The van der Waals surface area contributed by atoms with Gasteiger partial charge < -0.3 is 14.2 Å². The molecular weight excluding hydrogens is 822 g/mol. The third kappa shape index (κ3) is 9.75. The highest BCUT2D eigenvalue weighted by molar-refractivity contribution is 9.10. The molecule has 0 aromatic heterocycles. The second kappa shape index (κ2) is 18.1. The molecule has 6 aromatic rings. The van der Waals surface area contributed by atoms with Crippen LogP contribution in [-0.2, 0) is 28.4 Å². The van der Waals surface area contributed by atoms with Crippen LogP contribution in [0.25, 0.3) is 0 Å². The Morgan fingerprint density at radius 2 is 0.873 bits per heavy atom. The Morgan fingerprint density at radius 1 is 0.491 bits per heavy atom. The highest BCUT2D eigenvalue weighted by atomic mass is 79.9. The van der Waals surface area contributed by atoms with Gasteiger partial charge in [-0.15, -0.1) is 0 Å². The van der Waals surface area contributed by atoms with Crippen molar-refractivity contribution < 1.29 is 23.0 Å². The van der Waals surface area contributed by atoms with Crippen LogP contribution in [0.2, 0.25) is 0 Å². The van der Waals surface area contributed by atoms with E-state index in [-0.39, 0.29) is 23.8 Å². The lowest BCUT2D eigenvalue weighted by molar-refractivity contribution is -0.0840. The maximum Gasteiger partial charge on any atom is 0.137 e. The van der Waals surface area contributed by atoms with Gasteiger partial charge in [0.25, 0.3) is 0 Å². The molecule has 55 heavy (non-hydrogen) atoms. The van der Waals surface area contributed by atoms with Gasteiger partial charge >= 0.3 is 0 Å². The molecule has 0 saturated heterocycles. The molecule has 0 aliphatic heterocycles. The lowest BCUT2D eigenvalue weighted by atomic mass is 9.71. The lowest BCUT2D eigenvalue weighted by Crippen LogP contribution is -2.48. The van der Waals surface area contributed by atoms with E-state index in [1.165, 1.54) is 12.1 Å². The van der Waals surface area contributed by atoms with Crippen molar-refractivity contribution in [2.45, 2.75) is 76.4 Å².